The third-order valence-electron chi connectivity index (χ3n) is 9.71. The molecular weight excluding hydrogens is 392 g/mol. The number of hydrogen-bond donors (Lipinski definition) is 1. The van der Waals surface area contributed by atoms with Gasteiger partial charge in [-0.15, -0.1) is 0 Å². The van der Waals surface area contributed by atoms with Crippen molar-refractivity contribution in [3.63, 3.8) is 0 Å². The largest absolute Gasteiger partial charge is 0.462 e. The predicted molar refractivity (Wildman–Crippen MR) is 118 cm³/mol. The number of carbonyl (C=O) groups excluding carboxylic acids is 2. The van der Waals surface area contributed by atoms with Gasteiger partial charge in [0.2, 0.25) is 0 Å². The molecule has 0 aromatic heterocycles. The van der Waals surface area contributed by atoms with Gasteiger partial charge >= 0.3 is 11.9 Å². The van der Waals surface area contributed by atoms with Crippen molar-refractivity contribution in [1.82, 2.24) is 0 Å². The first-order chi connectivity index (χ1) is 14.3. The molecule has 0 saturated heterocycles. The second kappa shape index (κ2) is 7.74. The molecule has 1 N–H and O–H groups in total. The summed E-state index contributed by atoms with van der Waals surface area (Å²) in [5.74, 6) is 1.47. The summed E-state index contributed by atoms with van der Waals surface area (Å²) in [5.41, 5.74) is -0.210. The Morgan fingerprint density at radius 3 is 2.32 bits per heavy atom. The Kier molecular flexibility index (Phi) is 5.76. The van der Waals surface area contributed by atoms with E-state index >= 15 is 0 Å². The average Bonchev–Trinajstić information content (AvgIpc) is 3.30. The molecule has 176 valence electrons. The van der Waals surface area contributed by atoms with Gasteiger partial charge in [0, 0.05) is 11.8 Å². The Bertz CT molecular complexity index is 722. The summed E-state index contributed by atoms with van der Waals surface area (Å²) in [6.45, 7) is 12.5. The van der Waals surface area contributed by atoms with Crippen LogP contribution in [0.15, 0.2) is 0 Å². The summed E-state index contributed by atoms with van der Waals surface area (Å²) in [6, 6.07) is 0. The molecule has 4 rings (SSSR count). The first-order valence-electron chi connectivity index (χ1n) is 12.4. The summed E-state index contributed by atoms with van der Waals surface area (Å²) in [5, 5.41) is 10.8. The summed E-state index contributed by atoms with van der Waals surface area (Å²) in [6.07, 6.45) is 6.31. The standard InChI is InChI=1S/C26H42O5/c1-24(2,3)31-23(29)14-20(27)19-11-15-9-16(18(19)10-15)12-22(28)30-21-13-17-7-8-26(21,6)25(17,4)5/h15-21,27H,7-14H2,1-6H3. The second-order valence-corrected chi connectivity index (χ2v) is 12.8. The molecule has 4 aliphatic carbocycles. The molecule has 5 nitrogen and oxygen atoms in total. The first-order valence-corrected chi connectivity index (χ1v) is 12.4. The van der Waals surface area contributed by atoms with Crippen LogP contribution in [0.1, 0.15) is 92.9 Å². The molecule has 31 heavy (non-hydrogen) atoms. The first kappa shape index (κ1) is 23.1. The van der Waals surface area contributed by atoms with E-state index in [9.17, 15) is 14.7 Å². The van der Waals surface area contributed by atoms with Crippen molar-refractivity contribution in [2.75, 3.05) is 0 Å². The van der Waals surface area contributed by atoms with Crippen molar-refractivity contribution in [2.45, 2.75) is 111 Å². The van der Waals surface area contributed by atoms with E-state index < -0.39 is 11.7 Å². The third-order valence-corrected chi connectivity index (χ3v) is 9.71. The number of aliphatic hydroxyl groups is 1. The van der Waals surface area contributed by atoms with Crippen molar-refractivity contribution in [1.29, 1.82) is 0 Å². The lowest BCUT2D eigenvalue weighted by Crippen LogP contribution is -2.39. The quantitative estimate of drug-likeness (QED) is 0.603. The van der Waals surface area contributed by atoms with Crippen LogP contribution in [0.3, 0.4) is 0 Å². The lowest BCUT2D eigenvalue weighted by molar-refractivity contribution is -0.161. The lowest BCUT2D eigenvalue weighted by atomic mass is 9.70. The van der Waals surface area contributed by atoms with Crippen molar-refractivity contribution in [3.8, 4) is 0 Å². The van der Waals surface area contributed by atoms with Crippen molar-refractivity contribution >= 4 is 11.9 Å². The van der Waals surface area contributed by atoms with Crippen molar-refractivity contribution in [3.05, 3.63) is 0 Å². The van der Waals surface area contributed by atoms with Gasteiger partial charge in [-0.25, -0.2) is 0 Å². The molecule has 4 saturated carbocycles. The molecule has 8 atom stereocenters. The SMILES string of the molecule is CC(C)(C)OC(=O)CC(O)C1CC2CC(CC(=O)OC3CC4CCC3(C)C4(C)C)C1C2. The van der Waals surface area contributed by atoms with E-state index in [1.165, 1.54) is 6.42 Å². The molecule has 4 aliphatic rings. The second-order valence-electron chi connectivity index (χ2n) is 12.8. The number of hydrogen-bond acceptors (Lipinski definition) is 5. The minimum atomic E-state index is -0.686. The minimum absolute atomic E-state index is 0.0409. The van der Waals surface area contributed by atoms with E-state index in [0.717, 1.165) is 32.1 Å². The van der Waals surface area contributed by atoms with E-state index in [4.69, 9.17) is 9.47 Å². The fourth-order valence-electron chi connectivity index (χ4n) is 7.66. The van der Waals surface area contributed by atoms with Gasteiger partial charge in [0.25, 0.3) is 0 Å². The maximum Gasteiger partial charge on any atom is 0.308 e. The maximum absolute atomic E-state index is 12.9. The number of rotatable bonds is 6. The van der Waals surface area contributed by atoms with Crippen LogP contribution < -0.4 is 0 Å². The van der Waals surface area contributed by atoms with Gasteiger partial charge in [0.1, 0.15) is 11.7 Å². The van der Waals surface area contributed by atoms with E-state index in [2.05, 4.69) is 20.8 Å². The Hall–Kier alpha value is -1.10. The highest BCUT2D eigenvalue weighted by atomic mass is 16.6. The zero-order chi connectivity index (χ0) is 22.8. The smallest absolute Gasteiger partial charge is 0.308 e. The minimum Gasteiger partial charge on any atom is -0.462 e. The van der Waals surface area contributed by atoms with Crippen LogP contribution in [0.25, 0.3) is 0 Å². The van der Waals surface area contributed by atoms with Crippen LogP contribution in [0, 0.1) is 40.4 Å². The fraction of sp³-hybridized carbons (Fsp3) is 0.923. The molecular formula is C26H42O5. The average molecular weight is 435 g/mol. The van der Waals surface area contributed by atoms with E-state index in [-0.39, 0.29) is 47.1 Å². The number of carbonyl (C=O) groups is 2. The van der Waals surface area contributed by atoms with E-state index in [0.29, 0.717) is 24.2 Å². The highest BCUT2D eigenvalue weighted by molar-refractivity contribution is 5.71. The third kappa shape index (κ3) is 4.16. The molecule has 4 bridgehead atoms. The van der Waals surface area contributed by atoms with Crippen LogP contribution >= 0.6 is 0 Å². The number of ether oxygens (including phenoxy) is 2. The normalized spacial score (nSPS) is 41.4. The Labute approximate surface area is 187 Å². The molecule has 0 amide bonds. The maximum atomic E-state index is 12.9. The zero-order valence-corrected chi connectivity index (χ0v) is 20.3. The number of esters is 2. The summed E-state index contributed by atoms with van der Waals surface area (Å²) >= 11 is 0. The van der Waals surface area contributed by atoms with Gasteiger partial charge in [0.15, 0.2) is 0 Å². The molecule has 0 aliphatic heterocycles. The van der Waals surface area contributed by atoms with Crippen LogP contribution in [0.4, 0.5) is 0 Å². The molecule has 5 heteroatoms. The Balaban J connectivity index is 1.31. The zero-order valence-electron chi connectivity index (χ0n) is 20.3. The van der Waals surface area contributed by atoms with Gasteiger partial charge in [-0.2, -0.15) is 0 Å². The molecule has 0 heterocycles. The Morgan fingerprint density at radius 1 is 1.06 bits per heavy atom. The molecule has 0 radical (unpaired) electrons. The molecule has 0 spiro atoms. The fourth-order valence-corrected chi connectivity index (χ4v) is 7.66. The van der Waals surface area contributed by atoms with Crippen LogP contribution in [0.5, 0.6) is 0 Å². The van der Waals surface area contributed by atoms with Crippen molar-refractivity contribution in [2.24, 2.45) is 40.4 Å². The van der Waals surface area contributed by atoms with Gasteiger partial charge in [-0.05, 0) is 94.3 Å². The predicted octanol–water partition coefficient (Wildman–Crippen LogP) is 4.89. The summed E-state index contributed by atoms with van der Waals surface area (Å²) in [4.78, 5) is 25.1. The van der Waals surface area contributed by atoms with Crippen molar-refractivity contribution < 1.29 is 24.2 Å². The molecule has 8 unspecified atom stereocenters. The lowest BCUT2D eigenvalue weighted by Gasteiger charge is -2.38. The van der Waals surface area contributed by atoms with E-state index in [1.54, 1.807) is 0 Å². The van der Waals surface area contributed by atoms with E-state index in [1.807, 2.05) is 20.8 Å². The van der Waals surface area contributed by atoms with Gasteiger partial charge in [-0.1, -0.05) is 20.8 Å². The van der Waals surface area contributed by atoms with Gasteiger partial charge in [-0.3, -0.25) is 9.59 Å². The number of aliphatic hydroxyl groups excluding tert-OH is 1. The summed E-state index contributed by atoms with van der Waals surface area (Å²) in [7, 11) is 0. The van der Waals surface area contributed by atoms with Crippen LogP contribution in [0.2, 0.25) is 0 Å². The van der Waals surface area contributed by atoms with Crippen LogP contribution in [-0.4, -0.2) is 34.9 Å². The molecule has 4 fully saturated rings. The van der Waals surface area contributed by atoms with Gasteiger partial charge in [0.05, 0.1) is 12.5 Å². The highest BCUT2D eigenvalue weighted by Gasteiger charge is 2.63. The monoisotopic (exact) mass is 434 g/mol. The number of fused-ring (bicyclic) bond motifs is 4. The molecule has 0 aromatic rings. The molecule has 0 aromatic carbocycles. The summed E-state index contributed by atoms with van der Waals surface area (Å²) < 4.78 is 11.5. The van der Waals surface area contributed by atoms with Crippen LogP contribution in [-0.2, 0) is 19.1 Å². The topological polar surface area (TPSA) is 72.8 Å². The highest BCUT2D eigenvalue weighted by Crippen LogP contribution is 2.66. The Morgan fingerprint density at radius 2 is 1.77 bits per heavy atom. The van der Waals surface area contributed by atoms with Gasteiger partial charge < -0.3 is 14.6 Å².